The molecule has 23 heavy (non-hydrogen) atoms. The number of halogens is 1. The van der Waals surface area contributed by atoms with Gasteiger partial charge in [-0.25, -0.2) is 0 Å². The standard InChI is InChI=1S/C16H23BrN4O2/c1-20-8-9-21(15(11-20)16(22)23-2)7-6-19-10-12-13(17)4-3-5-14(12)18/h3-5,10,15H,6-9,11,18H2,1-2H3. The Kier molecular flexibility index (Phi) is 6.56. The van der Waals surface area contributed by atoms with Crippen LogP contribution in [0.25, 0.3) is 0 Å². The van der Waals surface area contributed by atoms with Gasteiger partial charge in [0.1, 0.15) is 6.04 Å². The second kappa shape index (κ2) is 8.42. The molecule has 0 amide bonds. The Hall–Kier alpha value is -1.44. The molecule has 1 aliphatic rings. The van der Waals surface area contributed by atoms with E-state index in [1.165, 1.54) is 7.11 Å². The molecule has 0 bridgehead atoms. The monoisotopic (exact) mass is 382 g/mol. The fourth-order valence-corrected chi connectivity index (χ4v) is 3.10. The van der Waals surface area contributed by atoms with Crippen LogP contribution in [0.2, 0.25) is 0 Å². The number of hydrogen-bond acceptors (Lipinski definition) is 6. The molecule has 0 aromatic heterocycles. The summed E-state index contributed by atoms with van der Waals surface area (Å²) in [4.78, 5) is 20.6. The maximum atomic E-state index is 11.9. The maximum absolute atomic E-state index is 11.9. The van der Waals surface area contributed by atoms with Crippen molar-refractivity contribution in [3.05, 3.63) is 28.2 Å². The first-order valence-corrected chi connectivity index (χ1v) is 8.36. The zero-order chi connectivity index (χ0) is 16.8. The van der Waals surface area contributed by atoms with Gasteiger partial charge < -0.3 is 15.4 Å². The molecule has 1 aromatic carbocycles. The van der Waals surface area contributed by atoms with E-state index in [-0.39, 0.29) is 12.0 Å². The average Bonchev–Trinajstić information content (AvgIpc) is 2.54. The Bertz CT molecular complexity index is 559. The van der Waals surface area contributed by atoms with Crippen LogP contribution in [0.15, 0.2) is 27.7 Å². The largest absolute Gasteiger partial charge is 0.468 e. The summed E-state index contributed by atoms with van der Waals surface area (Å²) in [5, 5.41) is 0. The van der Waals surface area contributed by atoms with Crippen LogP contribution in [0.5, 0.6) is 0 Å². The van der Waals surface area contributed by atoms with Crippen LogP contribution in [0.4, 0.5) is 5.69 Å². The third kappa shape index (κ3) is 4.76. The van der Waals surface area contributed by atoms with Gasteiger partial charge in [0.25, 0.3) is 0 Å². The summed E-state index contributed by atoms with van der Waals surface area (Å²) >= 11 is 3.47. The molecule has 1 atom stereocenters. The fourth-order valence-electron chi connectivity index (χ4n) is 2.62. The van der Waals surface area contributed by atoms with Crippen LogP contribution < -0.4 is 5.73 Å². The summed E-state index contributed by atoms with van der Waals surface area (Å²) in [6.07, 6.45) is 1.78. The molecule has 0 spiro atoms. The highest BCUT2D eigenvalue weighted by molar-refractivity contribution is 9.10. The van der Waals surface area contributed by atoms with Crippen LogP contribution in [-0.4, -0.2) is 74.9 Å². The van der Waals surface area contributed by atoms with E-state index in [1.54, 1.807) is 6.21 Å². The van der Waals surface area contributed by atoms with E-state index in [0.29, 0.717) is 25.3 Å². The average molecular weight is 383 g/mol. The minimum atomic E-state index is -0.220. The fraction of sp³-hybridized carbons (Fsp3) is 0.500. The molecule has 1 heterocycles. The lowest BCUT2D eigenvalue weighted by atomic mass is 10.1. The number of esters is 1. The quantitative estimate of drug-likeness (QED) is 0.471. The van der Waals surface area contributed by atoms with Crippen molar-refractivity contribution in [1.29, 1.82) is 0 Å². The lowest BCUT2D eigenvalue weighted by Crippen LogP contribution is -2.56. The van der Waals surface area contributed by atoms with Crippen molar-refractivity contribution >= 4 is 33.8 Å². The van der Waals surface area contributed by atoms with Crippen molar-refractivity contribution in [2.75, 3.05) is 52.6 Å². The van der Waals surface area contributed by atoms with E-state index in [1.807, 2.05) is 25.2 Å². The molecule has 2 N–H and O–H groups in total. The summed E-state index contributed by atoms with van der Waals surface area (Å²) in [5.74, 6) is -0.185. The lowest BCUT2D eigenvalue weighted by Gasteiger charge is -2.37. The third-order valence-electron chi connectivity index (χ3n) is 3.99. The number of rotatable bonds is 5. The highest BCUT2D eigenvalue weighted by Gasteiger charge is 2.31. The van der Waals surface area contributed by atoms with E-state index >= 15 is 0 Å². The number of carbonyl (C=O) groups is 1. The van der Waals surface area contributed by atoms with E-state index in [0.717, 1.165) is 23.1 Å². The van der Waals surface area contributed by atoms with Crippen LogP contribution in [0, 0.1) is 0 Å². The minimum absolute atomic E-state index is 0.185. The molecule has 126 valence electrons. The summed E-state index contributed by atoms with van der Waals surface area (Å²) < 4.78 is 5.83. The minimum Gasteiger partial charge on any atom is -0.468 e. The Balaban J connectivity index is 1.94. The summed E-state index contributed by atoms with van der Waals surface area (Å²) in [7, 11) is 3.45. The van der Waals surface area contributed by atoms with E-state index in [9.17, 15) is 4.79 Å². The highest BCUT2D eigenvalue weighted by atomic mass is 79.9. The molecule has 1 aliphatic heterocycles. The lowest BCUT2D eigenvalue weighted by molar-refractivity contribution is -0.149. The van der Waals surface area contributed by atoms with Gasteiger partial charge in [-0.05, 0) is 19.2 Å². The van der Waals surface area contributed by atoms with Crippen molar-refractivity contribution in [2.24, 2.45) is 4.99 Å². The van der Waals surface area contributed by atoms with Crippen molar-refractivity contribution in [2.45, 2.75) is 6.04 Å². The van der Waals surface area contributed by atoms with Gasteiger partial charge in [0.2, 0.25) is 0 Å². The molecular weight excluding hydrogens is 360 g/mol. The van der Waals surface area contributed by atoms with Gasteiger partial charge in [-0.2, -0.15) is 0 Å². The van der Waals surface area contributed by atoms with Crippen molar-refractivity contribution in [3.8, 4) is 0 Å². The van der Waals surface area contributed by atoms with Gasteiger partial charge in [-0.15, -0.1) is 0 Å². The SMILES string of the molecule is COC(=O)C1CN(C)CCN1CCN=Cc1c(N)cccc1Br. The van der Waals surface area contributed by atoms with Crippen LogP contribution in [-0.2, 0) is 9.53 Å². The predicted molar refractivity (Wildman–Crippen MR) is 95.9 cm³/mol. The number of nitrogen functional groups attached to an aromatic ring is 1. The second-order valence-electron chi connectivity index (χ2n) is 5.62. The summed E-state index contributed by atoms with van der Waals surface area (Å²) in [5.41, 5.74) is 7.52. The third-order valence-corrected chi connectivity index (χ3v) is 4.68. The number of benzene rings is 1. The number of hydrogen-bond donors (Lipinski definition) is 1. The molecule has 6 nitrogen and oxygen atoms in total. The van der Waals surface area contributed by atoms with Crippen LogP contribution in [0.1, 0.15) is 5.56 Å². The summed E-state index contributed by atoms with van der Waals surface area (Å²) in [6.45, 7) is 3.79. The normalized spacial score (nSPS) is 20.0. The molecule has 0 radical (unpaired) electrons. The van der Waals surface area contributed by atoms with Crippen molar-refractivity contribution in [3.63, 3.8) is 0 Å². The van der Waals surface area contributed by atoms with E-state index < -0.39 is 0 Å². The molecule has 0 saturated carbocycles. The second-order valence-corrected chi connectivity index (χ2v) is 6.47. The van der Waals surface area contributed by atoms with Gasteiger partial charge in [0, 0.05) is 48.1 Å². The molecule has 7 heteroatoms. The van der Waals surface area contributed by atoms with Gasteiger partial charge in [-0.3, -0.25) is 14.7 Å². The first-order valence-electron chi connectivity index (χ1n) is 7.57. The number of nitrogens with zero attached hydrogens (tertiary/aromatic N) is 3. The number of nitrogens with two attached hydrogens (primary N) is 1. The van der Waals surface area contributed by atoms with Crippen LogP contribution in [0.3, 0.4) is 0 Å². The van der Waals surface area contributed by atoms with Gasteiger partial charge in [-0.1, -0.05) is 22.0 Å². The van der Waals surface area contributed by atoms with E-state index in [4.69, 9.17) is 10.5 Å². The number of methoxy groups -OCH3 is 1. The molecule has 1 fully saturated rings. The molecular formula is C16H23BrN4O2. The zero-order valence-electron chi connectivity index (χ0n) is 13.5. The molecule has 0 aliphatic carbocycles. The predicted octanol–water partition coefficient (Wildman–Crippen LogP) is 1.24. The van der Waals surface area contributed by atoms with E-state index in [2.05, 4.69) is 30.7 Å². The van der Waals surface area contributed by atoms with Gasteiger partial charge >= 0.3 is 5.97 Å². The number of carbonyl (C=O) groups excluding carboxylic acids is 1. The van der Waals surface area contributed by atoms with Crippen LogP contribution >= 0.6 is 15.9 Å². The highest BCUT2D eigenvalue weighted by Crippen LogP contribution is 2.20. The molecule has 1 saturated heterocycles. The molecule has 2 rings (SSSR count). The van der Waals surface area contributed by atoms with Crippen molar-refractivity contribution in [1.82, 2.24) is 9.80 Å². The number of ether oxygens (including phenoxy) is 1. The Labute approximate surface area is 145 Å². The number of aliphatic imine (C=N–C) groups is 1. The number of piperazine rings is 1. The van der Waals surface area contributed by atoms with Gasteiger partial charge in [0.05, 0.1) is 13.7 Å². The Morgan fingerprint density at radius 2 is 2.30 bits per heavy atom. The number of anilines is 1. The van der Waals surface area contributed by atoms with Crippen molar-refractivity contribution < 1.29 is 9.53 Å². The molecule has 1 unspecified atom stereocenters. The Morgan fingerprint density at radius 1 is 1.52 bits per heavy atom. The Morgan fingerprint density at radius 3 is 3.00 bits per heavy atom. The number of likely N-dealkylation sites (N-methyl/N-ethyl adjacent to an activating group) is 1. The maximum Gasteiger partial charge on any atom is 0.324 e. The van der Waals surface area contributed by atoms with Gasteiger partial charge in [0.15, 0.2) is 0 Å². The first-order chi connectivity index (χ1) is 11.0. The first kappa shape index (κ1) is 17.9. The topological polar surface area (TPSA) is 71.2 Å². The zero-order valence-corrected chi connectivity index (χ0v) is 15.1. The molecule has 1 aromatic rings. The summed E-state index contributed by atoms with van der Waals surface area (Å²) in [6, 6.07) is 5.45. The smallest absolute Gasteiger partial charge is 0.324 e.